The van der Waals surface area contributed by atoms with Gasteiger partial charge in [-0.2, -0.15) is 13.2 Å². The van der Waals surface area contributed by atoms with Crippen LogP contribution in [0.15, 0.2) is 23.3 Å². The number of carbonyl (C=O) groups is 1. The minimum atomic E-state index is -4.77. The number of alkyl halides is 3. The predicted octanol–water partition coefficient (Wildman–Crippen LogP) is 0.952. The molecule has 7 heteroatoms. The van der Waals surface area contributed by atoms with Crippen LogP contribution < -0.4 is 5.43 Å². The Morgan fingerprint density at radius 2 is 2.07 bits per heavy atom. The highest BCUT2D eigenvalue weighted by molar-refractivity contribution is 5.66. The Morgan fingerprint density at radius 1 is 1.47 bits per heavy atom. The molecule has 15 heavy (non-hydrogen) atoms. The van der Waals surface area contributed by atoms with Crippen molar-refractivity contribution in [2.75, 3.05) is 0 Å². The van der Waals surface area contributed by atoms with Gasteiger partial charge in [-0.15, -0.1) is 0 Å². The number of nitrogens with zero attached hydrogens (tertiary/aromatic N) is 1. The molecular weight excluding hydrogens is 215 g/mol. The molecule has 1 aromatic heterocycles. The van der Waals surface area contributed by atoms with Gasteiger partial charge in [-0.25, -0.2) is 0 Å². The van der Waals surface area contributed by atoms with Crippen LogP contribution in [0.5, 0.6) is 0 Å². The van der Waals surface area contributed by atoms with E-state index in [4.69, 9.17) is 5.11 Å². The van der Waals surface area contributed by atoms with Crippen LogP contribution in [0.4, 0.5) is 13.2 Å². The van der Waals surface area contributed by atoms with Crippen LogP contribution in [0.2, 0.25) is 0 Å². The second-order valence-electron chi connectivity index (χ2n) is 2.79. The van der Waals surface area contributed by atoms with Crippen molar-refractivity contribution in [3.63, 3.8) is 0 Å². The second-order valence-corrected chi connectivity index (χ2v) is 2.79. The number of hydrogen-bond acceptors (Lipinski definition) is 2. The summed E-state index contributed by atoms with van der Waals surface area (Å²) in [6.45, 7) is -0.622. The lowest BCUT2D eigenvalue weighted by Crippen LogP contribution is -2.21. The Morgan fingerprint density at radius 3 is 2.53 bits per heavy atom. The summed E-state index contributed by atoms with van der Waals surface area (Å²) < 4.78 is 37.4. The number of carboxylic acid groups (broad SMARTS) is 1. The minimum Gasteiger partial charge on any atom is -0.480 e. The molecule has 0 aliphatic rings. The lowest BCUT2D eigenvalue weighted by atomic mass is 10.2. The number of hydrogen-bond donors (Lipinski definition) is 1. The first kappa shape index (κ1) is 11.3. The van der Waals surface area contributed by atoms with Crippen molar-refractivity contribution in [1.82, 2.24) is 4.57 Å². The molecule has 0 unspecified atom stereocenters. The summed E-state index contributed by atoms with van der Waals surface area (Å²) in [6.07, 6.45) is -3.29. The zero-order valence-electron chi connectivity index (χ0n) is 7.28. The lowest BCUT2D eigenvalue weighted by Gasteiger charge is -2.08. The van der Waals surface area contributed by atoms with Crippen LogP contribution in [-0.2, 0) is 17.5 Å². The Bertz CT molecular complexity index is 435. The number of halogens is 3. The molecule has 0 amide bonds. The standard InChI is InChI=1S/C8H6F3NO3/c9-8(10,11)5-3-12(4-7(14)15)2-1-6(5)13/h1-3H,4H2,(H,14,15). The van der Waals surface area contributed by atoms with Crippen molar-refractivity contribution in [1.29, 1.82) is 0 Å². The highest BCUT2D eigenvalue weighted by Gasteiger charge is 2.33. The second kappa shape index (κ2) is 3.76. The molecule has 0 saturated carbocycles. The molecule has 0 atom stereocenters. The van der Waals surface area contributed by atoms with Gasteiger partial charge in [0.05, 0.1) is 0 Å². The van der Waals surface area contributed by atoms with Crippen LogP contribution >= 0.6 is 0 Å². The molecule has 1 rings (SSSR count). The molecule has 0 aliphatic carbocycles. The summed E-state index contributed by atoms with van der Waals surface area (Å²) in [7, 11) is 0. The Kier molecular flexibility index (Phi) is 2.83. The molecule has 1 aromatic rings. The van der Waals surface area contributed by atoms with E-state index in [-0.39, 0.29) is 0 Å². The first-order valence-corrected chi connectivity index (χ1v) is 3.80. The number of pyridine rings is 1. The maximum atomic E-state index is 12.2. The van der Waals surface area contributed by atoms with Crippen molar-refractivity contribution < 1.29 is 23.1 Å². The minimum absolute atomic E-state index is 0.483. The van der Waals surface area contributed by atoms with Crippen LogP contribution in [0.25, 0.3) is 0 Å². The smallest absolute Gasteiger partial charge is 0.421 e. The molecule has 0 saturated heterocycles. The fourth-order valence-electron chi connectivity index (χ4n) is 0.993. The summed E-state index contributed by atoms with van der Waals surface area (Å²) >= 11 is 0. The number of aliphatic carboxylic acids is 1. The molecular formula is C8H6F3NO3. The van der Waals surface area contributed by atoms with E-state index in [1.165, 1.54) is 0 Å². The van der Waals surface area contributed by atoms with E-state index in [0.29, 0.717) is 12.3 Å². The molecule has 0 spiro atoms. The Hall–Kier alpha value is -1.79. The molecule has 1 heterocycles. The van der Waals surface area contributed by atoms with Crippen LogP contribution in [0, 0.1) is 0 Å². The normalized spacial score (nSPS) is 11.4. The van der Waals surface area contributed by atoms with Crippen molar-refractivity contribution in [2.24, 2.45) is 0 Å². The van der Waals surface area contributed by atoms with Crippen molar-refractivity contribution in [2.45, 2.75) is 12.7 Å². The predicted molar refractivity (Wildman–Crippen MR) is 43.3 cm³/mol. The third-order valence-electron chi connectivity index (χ3n) is 1.60. The SMILES string of the molecule is O=C(O)Cn1ccc(=O)c(C(F)(F)F)c1. The summed E-state index contributed by atoms with van der Waals surface area (Å²) in [6, 6.07) is 0.686. The first-order chi connectivity index (χ1) is 6.80. The molecule has 0 bridgehead atoms. The van der Waals surface area contributed by atoms with Gasteiger partial charge in [0.25, 0.3) is 0 Å². The van der Waals surface area contributed by atoms with E-state index < -0.39 is 29.7 Å². The molecule has 82 valence electrons. The van der Waals surface area contributed by atoms with Crippen molar-refractivity contribution in [3.05, 3.63) is 34.2 Å². The molecule has 0 fully saturated rings. The van der Waals surface area contributed by atoms with Gasteiger partial charge in [-0.05, 0) is 0 Å². The molecule has 4 nitrogen and oxygen atoms in total. The average Bonchev–Trinajstić information content (AvgIpc) is 2.05. The number of carboxylic acids is 1. The molecule has 0 aliphatic heterocycles. The fraction of sp³-hybridized carbons (Fsp3) is 0.250. The zero-order valence-corrected chi connectivity index (χ0v) is 7.28. The zero-order chi connectivity index (χ0) is 11.6. The highest BCUT2D eigenvalue weighted by Crippen LogP contribution is 2.25. The quantitative estimate of drug-likeness (QED) is 0.808. The number of rotatable bonds is 2. The maximum absolute atomic E-state index is 12.2. The molecule has 0 radical (unpaired) electrons. The van der Waals surface area contributed by atoms with E-state index in [9.17, 15) is 22.8 Å². The van der Waals surface area contributed by atoms with Crippen LogP contribution in [-0.4, -0.2) is 15.6 Å². The summed E-state index contributed by atoms with van der Waals surface area (Å²) in [5.41, 5.74) is -2.55. The maximum Gasteiger partial charge on any atom is 0.421 e. The third kappa shape index (κ3) is 2.83. The first-order valence-electron chi connectivity index (χ1n) is 3.80. The molecule has 1 N–H and O–H groups in total. The van der Waals surface area contributed by atoms with Gasteiger partial charge in [-0.1, -0.05) is 0 Å². The summed E-state index contributed by atoms with van der Waals surface area (Å²) in [4.78, 5) is 21.1. The van der Waals surface area contributed by atoms with E-state index in [1.54, 1.807) is 0 Å². The largest absolute Gasteiger partial charge is 0.480 e. The van der Waals surface area contributed by atoms with Gasteiger partial charge in [0.15, 0.2) is 5.43 Å². The third-order valence-corrected chi connectivity index (χ3v) is 1.60. The fourth-order valence-corrected chi connectivity index (χ4v) is 0.993. The molecule has 0 aromatic carbocycles. The number of aromatic nitrogens is 1. The van der Waals surface area contributed by atoms with Gasteiger partial charge in [0, 0.05) is 18.5 Å². The summed E-state index contributed by atoms with van der Waals surface area (Å²) in [5, 5.41) is 8.35. The Balaban J connectivity index is 3.17. The Labute approximate surface area is 81.6 Å². The van der Waals surface area contributed by atoms with Crippen molar-refractivity contribution in [3.8, 4) is 0 Å². The van der Waals surface area contributed by atoms with Gasteiger partial charge in [0.2, 0.25) is 0 Å². The highest BCUT2D eigenvalue weighted by atomic mass is 19.4. The van der Waals surface area contributed by atoms with Gasteiger partial charge < -0.3 is 9.67 Å². The van der Waals surface area contributed by atoms with Gasteiger partial charge in [-0.3, -0.25) is 9.59 Å². The summed E-state index contributed by atoms with van der Waals surface area (Å²) in [5.74, 6) is -1.29. The lowest BCUT2D eigenvalue weighted by molar-refractivity contribution is -0.140. The van der Waals surface area contributed by atoms with Gasteiger partial charge >= 0.3 is 12.1 Å². The van der Waals surface area contributed by atoms with Crippen LogP contribution in [0.1, 0.15) is 5.56 Å². The van der Waals surface area contributed by atoms with E-state index >= 15 is 0 Å². The van der Waals surface area contributed by atoms with E-state index in [1.807, 2.05) is 0 Å². The average molecular weight is 221 g/mol. The van der Waals surface area contributed by atoms with Crippen molar-refractivity contribution >= 4 is 5.97 Å². The topological polar surface area (TPSA) is 59.3 Å². The van der Waals surface area contributed by atoms with Crippen LogP contribution in [0.3, 0.4) is 0 Å². The monoisotopic (exact) mass is 221 g/mol. The van der Waals surface area contributed by atoms with E-state index in [2.05, 4.69) is 0 Å². The van der Waals surface area contributed by atoms with E-state index in [0.717, 1.165) is 10.8 Å². The van der Waals surface area contributed by atoms with Gasteiger partial charge in [0.1, 0.15) is 12.1 Å².